The number of nitrogens with zero attached hydrogens (tertiary/aromatic N) is 12. The summed E-state index contributed by atoms with van der Waals surface area (Å²) in [5.41, 5.74) is 13.8. The van der Waals surface area contributed by atoms with Crippen molar-refractivity contribution in [3.8, 4) is 0 Å². The van der Waals surface area contributed by atoms with E-state index in [4.69, 9.17) is 10.8 Å². The van der Waals surface area contributed by atoms with E-state index in [1.54, 1.807) is 82.8 Å². The highest BCUT2D eigenvalue weighted by atomic mass is 32.2. The van der Waals surface area contributed by atoms with Crippen LogP contribution in [0.1, 0.15) is 136 Å². The van der Waals surface area contributed by atoms with Crippen LogP contribution in [0, 0.1) is 46.9 Å². The molecule has 33 nitrogen and oxygen atoms in total. The number of sulfone groups is 4. The van der Waals surface area contributed by atoms with Gasteiger partial charge in [0.1, 0.15) is 18.1 Å². The molecule has 8 heterocycles. The molecule has 0 bridgehead atoms. The molecule has 12 atom stereocenters. The van der Waals surface area contributed by atoms with Crippen molar-refractivity contribution in [2.24, 2.45) is 29.4 Å². The molecule has 4 fully saturated rings. The molecule has 4 aromatic heterocycles. The maximum absolute atomic E-state index is 14.6. The van der Waals surface area contributed by atoms with E-state index >= 15 is 0 Å². The molecular formula is C96H94F4N16O17S4. The number of aromatic carboxylic acids is 1. The Morgan fingerprint density at radius 3 is 0.796 bits per heavy atom. The smallest absolute Gasteiger partial charge is 0.359 e. The molecular weight excluding hydrogens is 1850 g/mol. The summed E-state index contributed by atoms with van der Waals surface area (Å²) in [5.74, 6) is -8.34. The Kier molecular flexibility index (Phi) is 26.5. The summed E-state index contributed by atoms with van der Waals surface area (Å²) in [5, 5.41) is 32.6. The number of hydrogen-bond donors (Lipinski definition) is 5. The van der Waals surface area contributed by atoms with Gasteiger partial charge in [0.15, 0.2) is 79.7 Å². The van der Waals surface area contributed by atoms with Crippen LogP contribution in [0.5, 0.6) is 0 Å². The first-order valence-electron chi connectivity index (χ1n) is 43.3. The number of nitrogens with one attached hydrogen (secondary N) is 3. The van der Waals surface area contributed by atoms with Crippen LogP contribution >= 0.6 is 0 Å². The lowest BCUT2D eigenvalue weighted by Crippen LogP contribution is -2.48. The second kappa shape index (κ2) is 37.8. The number of amides is 7. The topological polar surface area (TPSA) is 440 Å². The van der Waals surface area contributed by atoms with E-state index in [-0.39, 0.29) is 103 Å². The Balaban J connectivity index is 0.000000127. The highest BCUT2D eigenvalue weighted by Crippen LogP contribution is 2.58. The molecule has 4 aliphatic heterocycles. The van der Waals surface area contributed by atoms with Crippen LogP contribution in [-0.2, 0) is 84.7 Å². The van der Waals surface area contributed by atoms with Crippen molar-refractivity contribution in [2.75, 3.05) is 72.8 Å². The Hall–Kier alpha value is -14.2. The lowest BCUT2D eigenvalue weighted by atomic mass is 10.1. The first kappa shape index (κ1) is 96.0. The van der Waals surface area contributed by atoms with Crippen LogP contribution in [0.4, 0.5) is 40.3 Å². The van der Waals surface area contributed by atoms with E-state index in [9.17, 15) is 89.6 Å². The van der Waals surface area contributed by atoms with Gasteiger partial charge < -0.3 is 46.4 Å². The predicted octanol–water partition coefficient (Wildman–Crippen LogP) is 9.32. The van der Waals surface area contributed by atoms with Crippen LogP contribution in [-0.4, -0.2) is 203 Å². The fourth-order valence-corrected chi connectivity index (χ4v) is 20.7. The highest BCUT2D eigenvalue weighted by Gasteiger charge is 2.56. The van der Waals surface area contributed by atoms with E-state index < -0.39 is 116 Å². The van der Waals surface area contributed by atoms with Gasteiger partial charge in [-0.25, -0.2) is 56.0 Å². The molecule has 7 amide bonds. The number of halogens is 4. The zero-order chi connectivity index (χ0) is 98.1. The van der Waals surface area contributed by atoms with Crippen molar-refractivity contribution in [3.63, 3.8) is 0 Å². The van der Waals surface area contributed by atoms with Crippen LogP contribution in [0.25, 0.3) is 0 Å². The summed E-state index contributed by atoms with van der Waals surface area (Å²) < 4.78 is 157. The average molecular weight is 1950 g/mol. The number of carboxylic acids is 1. The molecule has 8 aliphatic rings. The van der Waals surface area contributed by atoms with Gasteiger partial charge in [0, 0.05) is 76.0 Å². The summed E-state index contributed by atoms with van der Waals surface area (Å²) in [7, 11) is -7.00. The number of fused-ring (bicyclic) bond motifs is 12. The molecule has 4 aliphatic carbocycles. The van der Waals surface area contributed by atoms with Gasteiger partial charge in [-0.1, -0.05) is 121 Å². The Morgan fingerprint density at radius 1 is 0.343 bits per heavy atom. The highest BCUT2D eigenvalue weighted by molar-refractivity contribution is 7.91. The van der Waals surface area contributed by atoms with E-state index in [2.05, 4.69) is 36.3 Å². The molecule has 6 N–H and O–H groups in total. The lowest BCUT2D eigenvalue weighted by molar-refractivity contribution is -0.121. The molecule has 41 heteroatoms. The normalized spacial score (nSPS) is 21.3. The quantitative estimate of drug-likeness (QED) is 0.0470. The number of carbonyl (C=O) groups is 8. The second-order valence-electron chi connectivity index (χ2n) is 35.3. The fourth-order valence-electron chi connectivity index (χ4n) is 18.0. The van der Waals surface area contributed by atoms with Gasteiger partial charge in [-0.3, -0.25) is 52.3 Å². The Bertz CT molecular complexity index is 6810. The lowest BCUT2D eigenvalue weighted by Gasteiger charge is -2.23. The minimum absolute atomic E-state index is 0.0728. The third-order valence-corrected chi connectivity index (χ3v) is 30.0. The van der Waals surface area contributed by atoms with Gasteiger partial charge in [-0.2, -0.15) is 20.4 Å². The monoisotopic (exact) mass is 1950 g/mol. The Labute approximate surface area is 785 Å². The number of carbonyl (C=O) groups excluding carboxylic acids is 7. The standard InChI is InChI=1S/3C24H23FN4O4S.C13H16N2O3S.C11H9FN2O2/c3*1-28-20-9-8-15(34(2,32)33)10-17(20)16-11-18(16)21(24(28)31)26-23(30)22-19(25)13-29(27-22)12-14-6-4-3-5-7-14;1-15-11-4-3-7(19(2,17)18)5-9(11)8-6-10(8)12(14)13(15)16;12-9-7-14(13-10(9)11(15)16)6-8-4-2-1-3-5-8/h3*3-10,13,16,18,21H,11-12H2,1-2H3,(H,26,30);3-5,8,10,12H,6,14H2,1-2H3;1-5,7H,6H2,(H,15,16)/t16-,18?,21-;2*16-,18-,21-;8-,10?,12-;/m0100./s1. The van der Waals surface area contributed by atoms with Gasteiger partial charge in [0.25, 0.3) is 17.7 Å². The van der Waals surface area contributed by atoms with Crippen LogP contribution < -0.4 is 41.3 Å². The van der Waals surface area contributed by atoms with Crippen molar-refractivity contribution in [1.82, 2.24) is 55.1 Å². The number of aromatic nitrogens is 8. The van der Waals surface area contributed by atoms with Crippen LogP contribution in [0.15, 0.2) is 238 Å². The maximum atomic E-state index is 14.6. The minimum Gasteiger partial charge on any atom is -0.476 e. The molecule has 137 heavy (non-hydrogen) atoms. The third kappa shape index (κ3) is 20.8. The van der Waals surface area contributed by atoms with Crippen molar-refractivity contribution in [1.29, 1.82) is 0 Å². The fraction of sp³-hybridized carbons (Fsp3) is 0.292. The molecule has 0 spiro atoms. The van der Waals surface area contributed by atoms with E-state index in [0.29, 0.717) is 67.4 Å². The van der Waals surface area contributed by atoms with Gasteiger partial charge in [0.05, 0.1) is 76.6 Å². The number of carboxylic acid groups (broad SMARTS) is 1. The molecule has 4 saturated carbocycles. The first-order chi connectivity index (χ1) is 64.9. The number of rotatable bonds is 19. The molecule has 12 aromatic rings. The zero-order valence-corrected chi connectivity index (χ0v) is 78.2. The SMILES string of the molecule is CN1C(=O)[C@@H](N)C2C[C@H]2c2cc(S(C)(=O)=O)ccc21.CN1C(=O)[C@@H](NC(=O)c2nn(Cc3ccccc3)cc2F)C2C[C@H]2c2cc(S(C)(=O)=O)ccc21.CN1C(=O)[C@@H](NC(=O)c2nn(Cc3ccccc3)cc2F)[C@H]2C[C@H]2c2cc(S(C)(=O)=O)ccc21.CN1C(=O)[C@H](NC(=O)c2nn(Cc3ccccc3)cc2F)[C@@H]2C[C@@H]2c2cc(S(C)(=O)=O)ccc21.O=C(O)c1nn(Cc2ccccc2)cc1F. The second-order valence-corrected chi connectivity index (χ2v) is 43.4. The van der Waals surface area contributed by atoms with Gasteiger partial charge in [0.2, 0.25) is 29.3 Å². The van der Waals surface area contributed by atoms with Crippen molar-refractivity contribution in [3.05, 3.63) is 309 Å². The van der Waals surface area contributed by atoms with Crippen LogP contribution in [0.2, 0.25) is 0 Å². The summed E-state index contributed by atoms with van der Waals surface area (Å²) in [6.07, 6.45) is 11.9. The van der Waals surface area contributed by atoms with E-state index in [0.717, 1.165) is 100 Å². The largest absolute Gasteiger partial charge is 0.476 e. The zero-order valence-electron chi connectivity index (χ0n) is 74.9. The molecule has 2 unspecified atom stereocenters. The number of anilines is 4. The molecule has 20 rings (SSSR count). The summed E-state index contributed by atoms with van der Waals surface area (Å²) in [6, 6.07) is 53.3. The van der Waals surface area contributed by atoms with E-state index in [1.165, 1.54) is 62.8 Å². The molecule has 8 aromatic carbocycles. The van der Waals surface area contributed by atoms with E-state index in [1.807, 2.05) is 121 Å². The summed E-state index contributed by atoms with van der Waals surface area (Å²) in [4.78, 5) is 108. The van der Waals surface area contributed by atoms with Crippen LogP contribution in [0.3, 0.4) is 0 Å². The van der Waals surface area contributed by atoms with Gasteiger partial charge in [-0.15, -0.1) is 0 Å². The van der Waals surface area contributed by atoms with Gasteiger partial charge >= 0.3 is 5.97 Å². The summed E-state index contributed by atoms with van der Waals surface area (Å²) >= 11 is 0. The van der Waals surface area contributed by atoms with Crippen molar-refractivity contribution < 1.29 is 94.7 Å². The van der Waals surface area contributed by atoms with Crippen molar-refractivity contribution in [2.45, 2.75) is 119 Å². The third-order valence-electron chi connectivity index (χ3n) is 25.6. The molecule has 0 radical (unpaired) electrons. The Morgan fingerprint density at radius 2 is 0.562 bits per heavy atom. The minimum atomic E-state index is -3.40. The average Bonchev–Trinajstić information content (AvgIpc) is 1.59. The molecule has 0 saturated heterocycles. The number of nitrogens with two attached hydrogens (primary N) is 1. The van der Waals surface area contributed by atoms with Gasteiger partial charge in [-0.05, 0) is 190 Å². The first-order valence-corrected chi connectivity index (χ1v) is 50.9. The molecule has 712 valence electrons. The summed E-state index contributed by atoms with van der Waals surface area (Å²) in [6.45, 7) is 1.27. The predicted molar refractivity (Wildman–Crippen MR) is 495 cm³/mol. The van der Waals surface area contributed by atoms with Crippen molar-refractivity contribution >= 4 is 109 Å². The number of hydrogen-bond acceptors (Lipinski definition) is 21. The maximum Gasteiger partial charge on any atom is 0.359 e. The number of benzene rings is 8. The number of likely N-dealkylation sites (N-methyl/N-ethyl adjacent to an activating group) is 4.